The van der Waals surface area contributed by atoms with E-state index in [-0.39, 0.29) is 23.1 Å². The van der Waals surface area contributed by atoms with Gasteiger partial charge in [-0.2, -0.15) is 0 Å². The Balaban J connectivity index is 2.64. The second-order valence-electron chi connectivity index (χ2n) is 4.51. The van der Waals surface area contributed by atoms with Crippen molar-refractivity contribution >= 4 is 27.3 Å². The highest BCUT2D eigenvalue weighted by molar-refractivity contribution is 7.89. The van der Waals surface area contributed by atoms with Gasteiger partial charge in [0.1, 0.15) is 4.90 Å². The summed E-state index contributed by atoms with van der Waals surface area (Å²) in [4.78, 5) is -0.00444. The number of hydrogen-bond donors (Lipinski definition) is 3. The van der Waals surface area contributed by atoms with Crippen molar-refractivity contribution < 1.29 is 13.5 Å². The molecular formula is C12H19ClN2O3S. The summed E-state index contributed by atoms with van der Waals surface area (Å²) in [5.74, 6) is 0.167. The first kappa shape index (κ1) is 16.2. The molecule has 4 N–H and O–H groups in total. The number of anilines is 1. The Morgan fingerprint density at radius 3 is 2.79 bits per heavy atom. The van der Waals surface area contributed by atoms with E-state index in [1.54, 1.807) is 6.07 Å². The molecule has 0 saturated carbocycles. The molecule has 0 heterocycles. The number of aliphatic hydroxyl groups is 1. The number of nitrogens with two attached hydrogens (primary N) is 1. The molecule has 1 rings (SSSR count). The molecule has 108 valence electrons. The predicted molar refractivity (Wildman–Crippen MR) is 76.5 cm³/mol. The third-order valence-electron chi connectivity index (χ3n) is 2.74. The van der Waals surface area contributed by atoms with Crippen molar-refractivity contribution in [2.24, 2.45) is 5.92 Å². The van der Waals surface area contributed by atoms with Crippen LogP contribution in [0.2, 0.25) is 5.02 Å². The van der Waals surface area contributed by atoms with E-state index >= 15 is 0 Å². The van der Waals surface area contributed by atoms with Crippen molar-refractivity contribution in [2.45, 2.75) is 24.7 Å². The van der Waals surface area contributed by atoms with Crippen LogP contribution in [-0.4, -0.2) is 26.7 Å². The van der Waals surface area contributed by atoms with Gasteiger partial charge in [0, 0.05) is 18.2 Å². The molecule has 0 aliphatic heterocycles. The van der Waals surface area contributed by atoms with Crippen molar-refractivity contribution in [3.63, 3.8) is 0 Å². The molecule has 1 unspecified atom stereocenters. The first-order valence-corrected chi connectivity index (χ1v) is 7.88. The van der Waals surface area contributed by atoms with E-state index in [0.29, 0.717) is 18.0 Å². The SMILES string of the molecule is CC(CO)CCCNS(=O)(=O)c1cc(Cl)ccc1N. The molecule has 0 aromatic heterocycles. The Bertz CT molecular complexity index is 520. The number of nitrogen functional groups attached to an aromatic ring is 1. The summed E-state index contributed by atoms with van der Waals surface area (Å²) >= 11 is 5.77. The molecule has 5 nitrogen and oxygen atoms in total. The fourth-order valence-electron chi connectivity index (χ4n) is 1.57. The minimum atomic E-state index is -3.64. The van der Waals surface area contributed by atoms with Crippen LogP contribution in [0.25, 0.3) is 0 Å². The second kappa shape index (κ2) is 7.09. The topological polar surface area (TPSA) is 92.4 Å². The average Bonchev–Trinajstić information content (AvgIpc) is 2.37. The predicted octanol–water partition coefficient (Wildman–Crippen LogP) is 1.61. The summed E-state index contributed by atoms with van der Waals surface area (Å²) in [6, 6.07) is 4.33. The smallest absolute Gasteiger partial charge is 0.242 e. The maximum Gasteiger partial charge on any atom is 0.242 e. The lowest BCUT2D eigenvalue weighted by molar-refractivity contribution is 0.228. The van der Waals surface area contributed by atoms with Crippen molar-refractivity contribution in [1.82, 2.24) is 4.72 Å². The molecule has 0 aliphatic rings. The Labute approximate surface area is 118 Å². The van der Waals surface area contributed by atoms with Gasteiger partial charge in [0.05, 0.1) is 5.69 Å². The lowest BCUT2D eigenvalue weighted by Gasteiger charge is -2.11. The van der Waals surface area contributed by atoms with Gasteiger partial charge < -0.3 is 10.8 Å². The highest BCUT2D eigenvalue weighted by atomic mass is 35.5. The third kappa shape index (κ3) is 4.99. The standard InChI is InChI=1S/C12H19ClN2O3S/c1-9(8-16)3-2-6-15-19(17,18)12-7-10(13)4-5-11(12)14/h4-5,7,9,15-16H,2-3,6,8,14H2,1H3. The van der Waals surface area contributed by atoms with Gasteiger partial charge in [-0.3, -0.25) is 0 Å². The van der Waals surface area contributed by atoms with Gasteiger partial charge in [0.25, 0.3) is 0 Å². The number of benzene rings is 1. The number of halogens is 1. The minimum Gasteiger partial charge on any atom is -0.398 e. The Kier molecular flexibility index (Phi) is 6.06. The molecule has 0 spiro atoms. The molecule has 0 aliphatic carbocycles. The van der Waals surface area contributed by atoms with Crippen molar-refractivity contribution in [3.05, 3.63) is 23.2 Å². The Hall–Kier alpha value is -0.820. The normalized spacial score (nSPS) is 13.4. The van der Waals surface area contributed by atoms with Gasteiger partial charge in [-0.15, -0.1) is 0 Å². The number of hydrogen-bond acceptors (Lipinski definition) is 4. The molecule has 0 fully saturated rings. The van der Waals surface area contributed by atoms with Gasteiger partial charge in [-0.1, -0.05) is 18.5 Å². The lowest BCUT2D eigenvalue weighted by atomic mass is 10.1. The van der Waals surface area contributed by atoms with Gasteiger partial charge in [0.15, 0.2) is 0 Å². The molecule has 1 aromatic carbocycles. The van der Waals surface area contributed by atoms with Crippen molar-refractivity contribution in [3.8, 4) is 0 Å². The summed E-state index contributed by atoms with van der Waals surface area (Å²) in [7, 11) is -3.64. The van der Waals surface area contributed by atoms with E-state index in [0.717, 1.165) is 6.42 Å². The van der Waals surface area contributed by atoms with Gasteiger partial charge in [0.2, 0.25) is 10.0 Å². The van der Waals surface area contributed by atoms with Crippen LogP contribution in [-0.2, 0) is 10.0 Å². The number of nitrogens with one attached hydrogen (secondary N) is 1. The Morgan fingerprint density at radius 2 is 2.16 bits per heavy atom. The quantitative estimate of drug-likeness (QED) is 0.527. The van der Waals surface area contributed by atoms with E-state index in [9.17, 15) is 8.42 Å². The van der Waals surface area contributed by atoms with E-state index in [1.807, 2.05) is 6.92 Å². The molecular weight excluding hydrogens is 288 g/mol. The number of sulfonamides is 1. The van der Waals surface area contributed by atoms with Crippen LogP contribution in [0.5, 0.6) is 0 Å². The lowest BCUT2D eigenvalue weighted by Crippen LogP contribution is -2.26. The Morgan fingerprint density at radius 1 is 1.47 bits per heavy atom. The van der Waals surface area contributed by atoms with Crippen LogP contribution >= 0.6 is 11.6 Å². The molecule has 1 aromatic rings. The molecule has 0 amide bonds. The summed E-state index contributed by atoms with van der Waals surface area (Å²) in [6.07, 6.45) is 1.41. The maximum atomic E-state index is 12.0. The summed E-state index contributed by atoms with van der Waals surface area (Å²) < 4.78 is 26.5. The summed E-state index contributed by atoms with van der Waals surface area (Å²) in [6.45, 7) is 2.32. The minimum absolute atomic E-state index is 0.00444. The first-order chi connectivity index (χ1) is 8.86. The van der Waals surface area contributed by atoms with Crippen molar-refractivity contribution in [2.75, 3.05) is 18.9 Å². The van der Waals surface area contributed by atoms with E-state index in [1.165, 1.54) is 12.1 Å². The van der Waals surface area contributed by atoms with Gasteiger partial charge in [-0.25, -0.2) is 13.1 Å². The third-order valence-corrected chi connectivity index (χ3v) is 4.49. The fraction of sp³-hybridized carbons (Fsp3) is 0.500. The highest BCUT2D eigenvalue weighted by Gasteiger charge is 2.17. The molecule has 19 heavy (non-hydrogen) atoms. The summed E-state index contributed by atoms with van der Waals surface area (Å²) in [5.41, 5.74) is 5.81. The number of rotatable bonds is 7. The molecule has 0 saturated heterocycles. The van der Waals surface area contributed by atoms with Crippen LogP contribution in [0.15, 0.2) is 23.1 Å². The van der Waals surface area contributed by atoms with Gasteiger partial charge >= 0.3 is 0 Å². The van der Waals surface area contributed by atoms with Crippen LogP contribution in [0.4, 0.5) is 5.69 Å². The van der Waals surface area contributed by atoms with E-state index < -0.39 is 10.0 Å². The first-order valence-electron chi connectivity index (χ1n) is 6.02. The van der Waals surface area contributed by atoms with Crippen LogP contribution in [0.3, 0.4) is 0 Å². The van der Waals surface area contributed by atoms with Crippen LogP contribution in [0.1, 0.15) is 19.8 Å². The monoisotopic (exact) mass is 306 g/mol. The van der Waals surface area contributed by atoms with E-state index in [2.05, 4.69) is 4.72 Å². The zero-order valence-electron chi connectivity index (χ0n) is 10.8. The molecule has 7 heteroatoms. The van der Waals surface area contributed by atoms with E-state index in [4.69, 9.17) is 22.4 Å². The zero-order chi connectivity index (χ0) is 14.5. The highest BCUT2D eigenvalue weighted by Crippen LogP contribution is 2.22. The fourth-order valence-corrected chi connectivity index (χ4v) is 3.03. The summed E-state index contributed by atoms with van der Waals surface area (Å²) in [5, 5.41) is 9.19. The molecule has 1 atom stereocenters. The zero-order valence-corrected chi connectivity index (χ0v) is 12.3. The second-order valence-corrected chi connectivity index (χ2v) is 6.68. The van der Waals surface area contributed by atoms with Crippen LogP contribution in [0, 0.1) is 5.92 Å². The largest absolute Gasteiger partial charge is 0.398 e. The number of aliphatic hydroxyl groups excluding tert-OH is 1. The molecule has 0 radical (unpaired) electrons. The van der Waals surface area contributed by atoms with Crippen LogP contribution < -0.4 is 10.5 Å². The molecule has 0 bridgehead atoms. The average molecular weight is 307 g/mol. The maximum absolute atomic E-state index is 12.0. The van der Waals surface area contributed by atoms with Crippen molar-refractivity contribution in [1.29, 1.82) is 0 Å². The van der Waals surface area contributed by atoms with Gasteiger partial charge in [-0.05, 0) is 37.0 Å².